The molecule has 2 unspecified atom stereocenters. The highest BCUT2D eigenvalue weighted by molar-refractivity contribution is 5.75. The molecular weight excluding hydrogens is 550 g/mol. The fourth-order valence-electron chi connectivity index (χ4n) is 5.56. The Bertz CT molecular complexity index is 1170. The van der Waals surface area contributed by atoms with Gasteiger partial charge in [0.05, 0.1) is 18.3 Å². The number of amides is 1. The number of aliphatic hydroxyl groups is 3. The van der Waals surface area contributed by atoms with Crippen LogP contribution in [0, 0.1) is 11.8 Å². The van der Waals surface area contributed by atoms with Crippen molar-refractivity contribution in [1.82, 2.24) is 5.32 Å². The normalized spacial score (nSPS) is 21.3. The Labute approximate surface area is 253 Å². The Hall–Kier alpha value is -3.53. The summed E-state index contributed by atoms with van der Waals surface area (Å²) in [6.07, 6.45) is 6.30. The minimum atomic E-state index is -1.05. The molecule has 0 heterocycles. The van der Waals surface area contributed by atoms with Crippen molar-refractivity contribution in [1.29, 1.82) is 0 Å². The fourth-order valence-corrected chi connectivity index (χ4v) is 5.56. The lowest BCUT2D eigenvalue weighted by Gasteiger charge is -2.23. The molecule has 6 atom stereocenters. The van der Waals surface area contributed by atoms with Crippen molar-refractivity contribution in [3.8, 4) is 0 Å². The molecule has 1 aliphatic rings. The topological polar surface area (TPSA) is 142 Å². The predicted molar refractivity (Wildman–Crippen MR) is 162 cm³/mol. The third-order valence-corrected chi connectivity index (χ3v) is 7.88. The number of carbonyl (C=O) groups is 3. The van der Waals surface area contributed by atoms with Gasteiger partial charge in [0.1, 0.15) is 6.29 Å². The molecule has 1 saturated carbocycles. The number of aldehydes is 1. The van der Waals surface area contributed by atoms with Crippen molar-refractivity contribution in [3.05, 3.63) is 83.4 Å². The number of aliphatic hydroxyl groups excluding tert-OH is 3. The van der Waals surface area contributed by atoms with Gasteiger partial charge in [-0.15, -0.1) is 0 Å². The van der Waals surface area contributed by atoms with Gasteiger partial charge in [-0.25, -0.2) is 4.79 Å². The lowest BCUT2D eigenvalue weighted by Crippen LogP contribution is -2.29. The number of nitrogens with one attached hydrogen (secondary N) is 1. The highest BCUT2D eigenvalue weighted by atomic mass is 16.7. The summed E-state index contributed by atoms with van der Waals surface area (Å²) >= 11 is 0. The average Bonchev–Trinajstić information content (AvgIpc) is 3.27. The lowest BCUT2D eigenvalue weighted by atomic mass is 9.85. The van der Waals surface area contributed by atoms with Gasteiger partial charge in [0.15, 0.2) is 0 Å². The second-order valence-electron chi connectivity index (χ2n) is 11.2. The molecule has 2 aromatic carbocycles. The van der Waals surface area contributed by atoms with E-state index in [-0.39, 0.29) is 24.8 Å². The van der Waals surface area contributed by atoms with Crippen LogP contribution in [-0.4, -0.2) is 58.3 Å². The van der Waals surface area contributed by atoms with Gasteiger partial charge in [-0.2, -0.15) is 0 Å². The van der Waals surface area contributed by atoms with Crippen LogP contribution in [0.1, 0.15) is 79.8 Å². The highest BCUT2D eigenvalue weighted by Gasteiger charge is 2.40. The molecule has 0 aliphatic heterocycles. The zero-order valence-corrected chi connectivity index (χ0v) is 24.8. The number of allylic oxidation sites excluding steroid dienone is 2. The minimum Gasteiger partial charge on any atom is -0.425 e. The number of aryl methyl sites for hydroxylation is 1. The molecule has 1 amide bonds. The molecule has 234 valence electrons. The summed E-state index contributed by atoms with van der Waals surface area (Å²) in [5, 5.41) is 34.1. The van der Waals surface area contributed by atoms with E-state index in [1.165, 1.54) is 12.5 Å². The van der Waals surface area contributed by atoms with E-state index in [0.29, 0.717) is 50.5 Å². The molecule has 9 heteroatoms. The SMILES string of the molecule is CC(OC(=O)CCCC=CC[C@@H]1[C@@H](CCC(O)CCc2ccccc2)[C@H](O)C[C@@H]1O)OC(=O)NCc1cccc(C=O)c1. The molecule has 0 radical (unpaired) electrons. The molecule has 9 nitrogen and oxygen atoms in total. The summed E-state index contributed by atoms with van der Waals surface area (Å²) in [7, 11) is 0. The molecule has 0 spiro atoms. The molecule has 0 aromatic heterocycles. The number of esters is 1. The molecule has 1 aliphatic carbocycles. The second kappa shape index (κ2) is 18.2. The first kappa shape index (κ1) is 34.0. The van der Waals surface area contributed by atoms with Gasteiger partial charge in [-0.1, -0.05) is 60.7 Å². The van der Waals surface area contributed by atoms with E-state index in [1.54, 1.807) is 24.3 Å². The first-order valence-corrected chi connectivity index (χ1v) is 15.2. The van der Waals surface area contributed by atoms with Gasteiger partial charge >= 0.3 is 12.1 Å². The van der Waals surface area contributed by atoms with E-state index in [4.69, 9.17) is 9.47 Å². The van der Waals surface area contributed by atoms with Gasteiger partial charge in [-0.05, 0) is 80.4 Å². The summed E-state index contributed by atoms with van der Waals surface area (Å²) in [5.74, 6) is -0.621. The molecule has 2 aromatic rings. The summed E-state index contributed by atoms with van der Waals surface area (Å²) in [6.45, 7) is 1.63. The number of alkyl carbamates (subject to hydrolysis) is 1. The first-order chi connectivity index (χ1) is 20.7. The zero-order chi connectivity index (χ0) is 31.0. The number of ether oxygens (including phenoxy) is 2. The van der Waals surface area contributed by atoms with Crippen LogP contribution in [0.5, 0.6) is 0 Å². The summed E-state index contributed by atoms with van der Waals surface area (Å²) in [4.78, 5) is 35.0. The third-order valence-electron chi connectivity index (χ3n) is 7.88. The Morgan fingerprint density at radius 3 is 2.49 bits per heavy atom. The largest absolute Gasteiger partial charge is 0.425 e. The fraction of sp³-hybridized carbons (Fsp3) is 0.500. The van der Waals surface area contributed by atoms with Crippen molar-refractivity contribution in [2.24, 2.45) is 11.8 Å². The molecule has 3 rings (SSSR count). The molecule has 43 heavy (non-hydrogen) atoms. The van der Waals surface area contributed by atoms with Crippen LogP contribution in [0.25, 0.3) is 0 Å². The Morgan fingerprint density at radius 2 is 1.72 bits per heavy atom. The molecular formula is C34H45NO8. The number of rotatable bonds is 17. The van der Waals surface area contributed by atoms with E-state index in [0.717, 1.165) is 18.3 Å². The van der Waals surface area contributed by atoms with E-state index in [9.17, 15) is 29.7 Å². The van der Waals surface area contributed by atoms with Crippen LogP contribution in [-0.2, 0) is 27.2 Å². The van der Waals surface area contributed by atoms with E-state index in [2.05, 4.69) is 5.32 Å². The number of hydrogen-bond donors (Lipinski definition) is 4. The van der Waals surface area contributed by atoms with Crippen LogP contribution >= 0.6 is 0 Å². The summed E-state index contributed by atoms with van der Waals surface area (Å²) in [5.41, 5.74) is 2.43. The van der Waals surface area contributed by atoms with E-state index < -0.39 is 36.7 Å². The maximum absolute atomic E-state index is 12.1. The van der Waals surface area contributed by atoms with Gasteiger partial charge < -0.3 is 30.1 Å². The van der Waals surface area contributed by atoms with Gasteiger partial charge in [0, 0.05) is 25.5 Å². The third kappa shape index (κ3) is 12.3. The quantitative estimate of drug-likeness (QED) is 0.0668. The number of hydrogen-bond acceptors (Lipinski definition) is 8. The van der Waals surface area contributed by atoms with E-state index in [1.807, 2.05) is 42.5 Å². The number of unbranched alkanes of at least 4 members (excludes halogenated alkanes) is 1. The van der Waals surface area contributed by atoms with Gasteiger partial charge in [0.2, 0.25) is 6.29 Å². The van der Waals surface area contributed by atoms with Crippen molar-refractivity contribution in [3.63, 3.8) is 0 Å². The van der Waals surface area contributed by atoms with Crippen molar-refractivity contribution in [2.45, 2.75) is 95.9 Å². The van der Waals surface area contributed by atoms with Crippen LogP contribution in [0.3, 0.4) is 0 Å². The second-order valence-corrected chi connectivity index (χ2v) is 11.2. The van der Waals surface area contributed by atoms with Gasteiger partial charge in [-0.3, -0.25) is 9.59 Å². The molecule has 1 fully saturated rings. The lowest BCUT2D eigenvalue weighted by molar-refractivity contribution is -0.164. The van der Waals surface area contributed by atoms with Crippen LogP contribution in [0.4, 0.5) is 4.79 Å². The van der Waals surface area contributed by atoms with Crippen molar-refractivity contribution in [2.75, 3.05) is 0 Å². The first-order valence-electron chi connectivity index (χ1n) is 15.2. The number of carbonyl (C=O) groups excluding carboxylic acids is 3. The Kier molecular flexibility index (Phi) is 14.4. The molecule has 0 saturated heterocycles. The highest BCUT2D eigenvalue weighted by Crippen LogP contribution is 2.38. The standard InChI is InChI=1S/C34H45NO8/c1-24(43-34(41)35-22-26-12-9-13-27(20-26)23-36)42-33(40)15-8-3-2-7-14-29-30(32(39)21-31(29)38)19-18-28(37)17-16-25-10-5-4-6-11-25/h2,4-7,9-13,20,23-24,28-32,37-39H,3,8,14-19,21-22H2,1H3,(H,35,41)/t24?,28?,29-,30-,31+,32-/m1/s1. The number of benzene rings is 2. The molecule has 4 N–H and O–H groups in total. The molecule has 0 bridgehead atoms. The van der Waals surface area contributed by atoms with Crippen LogP contribution in [0.2, 0.25) is 0 Å². The van der Waals surface area contributed by atoms with Crippen LogP contribution < -0.4 is 5.32 Å². The van der Waals surface area contributed by atoms with Gasteiger partial charge in [0.25, 0.3) is 0 Å². The summed E-state index contributed by atoms with van der Waals surface area (Å²) in [6, 6.07) is 16.8. The van der Waals surface area contributed by atoms with Crippen molar-refractivity contribution >= 4 is 18.3 Å². The van der Waals surface area contributed by atoms with E-state index >= 15 is 0 Å². The minimum absolute atomic E-state index is 0.0683. The summed E-state index contributed by atoms with van der Waals surface area (Å²) < 4.78 is 10.2. The maximum atomic E-state index is 12.1. The Morgan fingerprint density at radius 1 is 0.977 bits per heavy atom. The Balaban J connectivity index is 1.29. The average molecular weight is 596 g/mol. The predicted octanol–water partition coefficient (Wildman–Crippen LogP) is 4.86. The zero-order valence-electron chi connectivity index (χ0n) is 24.8. The monoisotopic (exact) mass is 595 g/mol. The van der Waals surface area contributed by atoms with Crippen molar-refractivity contribution < 1.29 is 39.2 Å². The van der Waals surface area contributed by atoms with Crippen LogP contribution in [0.15, 0.2) is 66.7 Å². The maximum Gasteiger partial charge on any atom is 0.410 e. The smallest absolute Gasteiger partial charge is 0.410 e.